The van der Waals surface area contributed by atoms with E-state index in [1.54, 1.807) is 30.5 Å². The SMILES string of the molecule is COc1ccc(-n2c(C)cc([C@@H]3[C@@H](c4ccccn4)NC(=S)N3c3ccc(F)cc3)c2C)c([N+](=O)[O-])c1. The predicted molar refractivity (Wildman–Crippen MR) is 143 cm³/mol. The van der Waals surface area contributed by atoms with Gasteiger partial charge >= 0.3 is 0 Å². The van der Waals surface area contributed by atoms with E-state index in [0.717, 1.165) is 28.3 Å². The van der Waals surface area contributed by atoms with Crippen molar-refractivity contribution in [2.75, 3.05) is 12.0 Å². The molecule has 1 saturated heterocycles. The molecule has 2 aromatic carbocycles. The van der Waals surface area contributed by atoms with Gasteiger partial charge in [-0.25, -0.2) is 4.39 Å². The molecule has 0 saturated carbocycles. The second-order valence-corrected chi connectivity index (χ2v) is 9.13. The maximum absolute atomic E-state index is 13.8. The Hall–Kier alpha value is -4.31. The van der Waals surface area contributed by atoms with Crippen LogP contribution in [0.25, 0.3) is 5.69 Å². The highest BCUT2D eigenvalue weighted by Gasteiger charge is 2.42. The number of rotatable bonds is 6. The van der Waals surface area contributed by atoms with E-state index in [-0.39, 0.29) is 23.6 Å². The molecule has 0 spiro atoms. The van der Waals surface area contributed by atoms with Crippen LogP contribution in [0.3, 0.4) is 0 Å². The summed E-state index contributed by atoms with van der Waals surface area (Å²) in [5.41, 5.74) is 4.43. The van der Waals surface area contributed by atoms with Gasteiger partial charge in [-0.3, -0.25) is 15.1 Å². The summed E-state index contributed by atoms with van der Waals surface area (Å²) in [5, 5.41) is 15.8. The first-order valence-electron chi connectivity index (χ1n) is 11.6. The number of hydrogen-bond acceptors (Lipinski definition) is 5. The topological polar surface area (TPSA) is 85.5 Å². The number of aromatic nitrogens is 2. The Morgan fingerprint density at radius 1 is 1.11 bits per heavy atom. The number of anilines is 1. The monoisotopic (exact) mass is 517 g/mol. The van der Waals surface area contributed by atoms with E-state index in [1.807, 2.05) is 47.6 Å². The van der Waals surface area contributed by atoms with Crippen LogP contribution in [0.4, 0.5) is 15.8 Å². The number of nitro groups is 1. The minimum atomic E-state index is -0.413. The zero-order valence-electron chi connectivity index (χ0n) is 20.4. The lowest BCUT2D eigenvalue weighted by Gasteiger charge is -2.28. The van der Waals surface area contributed by atoms with Crippen LogP contribution in [0.15, 0.2) is 72.9 Å². The Morgan fingerprint density at radius 3 is 2.51 bits per heavy atom. The van der Waals surface area contributed by atoms with Crippen molar-refractivity contribution in [3.8, 4) is 11.4 Å². The van der Waals surface area contributed by atoms with Gasteiger partial charge in [0.2, 0.25) is 0 Å². The summed E-state index contributed by atoms with van der Waals surface area (Å²) < 4.78 is 20.8. The van der Waals surface area contributed by atoms with E-state index in [9.17, 15) is 14.5 Å². The number of halogens is 1. The van der Waals surface area contributed by atoms with Crippen molar-refractivity contribution in [1.29, 1.82) is 0 Å². The molecule has 2 atom stereocenters. The summed E-state index contributed by atoms with van der Waals surface area (Å²) in [5.74, 6) is 0.0609. The van der Waals surface area contributed by atoms with E-state index < -0.39 is 4.92 Å². The lowest BCUT2D eigenvalue weighted by Crippen LogP contribution is -2.29. The fourth-order valence-electron chi connectivity index (χ4n) is 4.97. The van der Waals surface area contributed by atoms with E-state index in [0.29, 0.717) is 16.5 Å². The number of thiocarbonyl (C=S) groups is 1. The molecule has 2 aromatic heterocycles. The Kier molecular flexibility index (Phi) is 6.34. The third kappa shape index (κ3) is 4.29. The van der Waals surface area contributed by atoms with Crippen molar-refractivity contribution >= 4 is 28.7 Å². The van der Waals surface area contributed by atoms with Crippen LogP contribution >= 0.6 is 12.2 Å². The summed E-state index contributed by atoms with van der Waals surface area (Å²) in [6.07, 6.45) is 1.72. The van der Waals surface area contributed by atoms with Crippen LogP contribution in [0.5, 0.6) is 5.75 Å². The largest absolute Gasteiger partial charge is 0.496 e. The normalized spacial score (nSPS) is 17.1. The molecule has 0 unspecified atom stereocenters. The van der Waals surface area contributed by atoms with Gasteiger partial charge in [0.15, 0.2) is 5.11 Å². The number of nitro benzene ring substituents is 1. The predicted octanol–water partition coefficient (Wildman–Crippen LogP) is 5.72. The molecule has 8 nitrogen and oxygen atoms in total. The number of methoxy groups -OCH3 is 1. The molecule has 4 aromatic rings. The smallest absolute Gasteiger partial charge is 0.296 e. The molecule has 1 aliphatic rings. The van der Waals surface area contributed by atoms with Gasteiger partial charge < -0.3 is 19.5 Å². The first-order chi connectivity index (χ1) is 17.8. The third-order valence-corrected chi connectivity index (χ3v) is 6.93. The highest BCUT2D eigenvalue weighted by Crippen LogP contribution is 2.44. The number of pyridine rings is 1. The molecular formula is C27H24FN5O3S. The summed E-state index contributed by atoms with van der Waals surface area (Å²) in [4.78, 5) is 18.1. The number of hydrogen-bond donors (Lipinski definition) is 1. The fraction of sp³-hybridized carbons (Fsp3) is 0.185. The molecule has 10 heteroatoms. The van der Waals surface area contributed by atoms with Gasteiger partial charge in [-0.1, -0.05) is 6.07 Å². The Bertz CT molecular complexity index is 1490. The van der Waals surface area contributed by atoms with Crippen molar-refractivity contribution in [2.24, 2.45) is 0 Å². The number of nitrogens with zero attached hydrogens (tertiary/aromatic N) is 4. The molecule has 3 heterocycles. The van der Waals surface area contributed by atoms with Gasteiger partial charge in [0.05, 0.1) is 35.9 Å². The zero-order chi connectivity index (χ0) is 26.3. The summed E-state index contributed by atoms with van der Waals surface area (Å²) in [7, 11) is 1.47. The molecule has 37 heavy (non-hydrogen) atoms. The maximum atomic E-state index is 13.8. The molecule has 5 rings (SSSR count). The Morgan fingerprint density at radius 2 is 1.86 bits per heavy atom. The number of ether oxygens (including phenoxy) is 1. The van der Waals surface area contributed by atoms with E-state index >= 15 is 0 Å². The molecule has 0 aliphatic carbocycles. The number of benzene rings is 2. The van der Waals surface area contributed by atoms with E-state index in [1.165, 1.54) is 25.3 Å². The first kappa shape index (κ1) is 24.4. The standard InChI is InChI=1S/C27H24FN5O3S/c1-16-14-21(17(2)31(16)23-12-11-20(36-3)15-24(23)33(34)35)26-25(22-6-4-5-13-29-22)30-27(37)32(26)19-9-7-18(28)8-10-19/h4-15,25-26H,1-3H3,(H,30,37)/t25-,26-/m1/s1. The molecule has 1 aliphatic heterocycles. The molecule has 1 fully saturated rings. The Labute approximate surface area is 218 Å². The lowest BCUT2D eigenvalue weighted by atomic mass is 9.96. The molecule has 0 bridgehead atoms. The summed E-state index contributed by atoms with van der Waals surface area (Å²) in [6.45, 7) is 3.83. The Balaban J connectivity index is 1.70. The van der Waals surface area contributed by atoms with Crippen molar-refractivity contribution in [3.05, 3.63) is 112 Å². The quantitative estimate of drug-likeness (QED) is 0.199. The van der Waals surface area contributed by atoms with Crippen LogP contribution in [-0.4, -0.2) is 26.7 Å². The van der Waals surface area contributed by atoms with Crippen molar-refractivity contribution in [2.45, 2.75) is 25.9 Å². The van der Waals surface area contributed by atoms with Crippen LogP contribution in [0.2, 0.25) is 0 Å². The van der Waals surface area contributed by atoms with Crippen LogP contribution in [0, 0.1) is 29.8 Å². The highest BCUT2D eigenvalue weighted by atomic mass is 32.1. The zero-order valence-corrected chi connectivity index (χ0v) is 21.2. The molecule has 1 N–H and O–H groups in total. The summed E-state index contributed by atoms with van der Waals surface area (Å²) >= 11 is 5.75. The summed E-state index contributed by atoms with van der Waals surface area (Å²) in [6, 6.07) is 18.0. The molecule has 0 radical (unpaired) electrons. The average Bonchev–Trinajstić information content (AvgIpc) is 3.39. The fourth-order valence-corrected chi connectivity index (χ4v) is 5.32. The minimum absolute atomic E-state index is 0.0653. The van der Waals surface area contributed by atoms with Crippen molar-refractivity contribution in [1.82, 2.24) is 14.9 Å². The number of aryl methyl sites for hydroxylation is 1. The van der Waals surface area contributed by atoms with Gasteiger partial charge in [-0.15, -0.1) is 0 Å². The van der Waals surface area contributed by atoms with Crippen LogP contribution < -0.4 is 15.0 Å². The average molecular weight is 518 g/mol. The number of nitrogens with one attached hydrogen (secondary N) is 1. The van der Waals surface area contributed by atoms with Gasteiger partial charge in [0.25, 0.3) is 5.69 Å². The van der Waals surface area contributed by atoms with Crippen molar-refractivity contribution in [3.63, 3.8) is 0 Å². The van der Waals surface area contributed by atoms with Crippen LogP contribution in [-0.2, 0) is 0 Å². The second kappa shape index (κ2) is 9.62. The molecule has 188 valence electrons. The van der Waals surface area contributed by atoms with E-state index in [2.05, 4.69) is 10.3 Å². The first-order valence-corrected chi connectivity index (χ1v) is 12.0. The molecule has 0 amide bonds. The lowest BCUT2D eigenvalue weighted by molar-refractivity contribution is -0.384. The highest BCUT2D eigenvalue weighted by molar-refractivity contribution is 7.80. The minimum Gasteiger partial charge on any atom is -0.496 e. The second-order valence-electron chi connectivity index (χ2n) is 8.75. The molecular weight excluding hydrogens is 493 g/mol. The van der Waals surface area contributed by atoms with Crippen molar-refractivity contribution < 1.29 is 14.1 Å². The maximum Gasteiger partial charge on any atom is 0.296 e. The van der Waals surface area contributed by atoms with E-state index in [4.69, 9.17) is 17.0 Å². The third-order valence-electron chi connectivity index (χ3n) is 6.61. The van der Waals surface area contributed by atoms with Gasteiger partial charge in [0, 0.05) is 23.3 Å². The van der Waals surface area contributed by atoms with Gasteiger partial charge in [-0.2, -0.15) is 0 Å². The van der Waals surface area contributed by atoms with Gasteiger partial charge in [-0.05, 0) is 86.2 Å². The van der Waals surface area contributed by atoms with Crippen LogP contribution in [0.1, 0.15) is 34.7 Å². The van der Waals surface area contributed by atoms with Gasteiger partial charge in [0.1, 0.15) is 17.3 Å².